The van der Waals surface area contributed by atoms with Crippen molar-refractivity contribution in [3.05, 3.63) is 35.3 Å². The summed E-state index contributed by atoms with van der Waals surface area (Å²) in [5.41, 5.74) is 0.973. The summed E-state index contributed by atoms with van der Waals surface area (Å²) in [6.45, 7) is 9.14. The number of thiazole rings is 1. The molecular weight excluding hydrogens is 382 g/mol. The van der Waals surface area contributed by atoms with Gasteiger partial charge in [0.15, 0.2) is 0 Å². The number of piperidine rings is 1. The Kier molecular flexibility index (Phi) is 6.52. The van der Waals surface area contributed by atoms with Crippen LogP contribution in [0.5, 0.6) is 5.75 Å². The van der Waals surface area contributed by atoms with E-state index >= 15 is 0 Å². The Morgan fingerprint density at radius 2 is 2.11 bits per heavy atom. The van der Waals surface area contributed by atoms with Gasteiger partial charge in [0, 0.05) is 30.7 Å². The standard InChI is InChI=1S/C20H28FN2O2PS/c1-20(2,3)13-8-14(24)11-23(10-13)12-15-9-22-18(27-15)16-6-4-5-7-17(16)25-19(21)26/h4-7,9,13-14,19,24H,8,10-12,26H2,1-3H3. The number of aromatic nitrogens is 1. The number of halogens is 1. The van der Waals surface area contributed by atoms with E-state index in [1.165, 1.54) is 0 Å². The number of hydrogen-bond donors (Lipinski definition) is 1. The molecule has 148 valence electrons. The first kappa shape index (κ1) is 20.7. The second kappa shape index (κ2) is 8.52. The summed E-state index contributed by atoms with van der Waals surface area (Å²) in [4.78, 5) is 7.97. The lowest BCUT2D eigenvalue weighted by atomic mass is 9.75. The lowest BCUT2D eigenvalue weighted by molar-refractivity contribution is 0.00146. The van der Waals surface area contributed by atoms with Gasteiger partial charge in [0.05, 0.1) is 11.7 Å². The summed E-state index contributed by atoms with van der Waals surface area (Å²) < 4.78 is 18.5. The molecule has 4 nitrogen and oxygen atoms in total. The van der Waals surface area contributed by atoms with Gasteiger partial charge in [-0.1, -0.05) is 42.1 Å². The van der Waals surface area contributed by atoms with Crippen molar-refractivity contribution >= 4 is 20.6 Å². The Hall–Kier alpha value is -1.07. The van der Waals surface area contributed by atoms with Crippen LogP contribution in [-0.2, 0) is 6.54 Å². The molecule has 1 fully saturated rings. The Morgan fingerprint density at radius 1 is 1.37 bits per heavy atom. The van der Waals surface area contributed by atoms with Crippen LogP contribution >= 0.6 is 20.6 Å². The van der Waals surface area contributed by atoms with E-state index < -0.39 is 6.10 Å². The molecule has 0 amide bonds. The molecule has 2 heterocycles. The summed E-state index contributed by atoms with van der Waals surface area (Å²) in [6, 6.07) is 7.36. The van der Waals surface area contributed by atoms with Crippen LogP contribution in [0.1, 0.15) is 32.1 Å². The smallest absolute Gasteiger partial charge is 0.249 e. The number of rotatable bonds is 5. The fraction of sp³-hybridized carbons (Fsp3) is 0.550. The molecule has 0 aliphatic carbocycles. The topological polar surface area (TPSA) is 45.6 Å². The van der Waals surface area contributed by atoms with Crippen molar-refractivity contribution in [3.8, 4) is 16.3 Å². The largest absolute Gasteiger partial charge is 0.457 e. The fourth-order valence-electron chi connectivity index (χ4n) is 3.51. The number of aliphatic hydroxyl groups is 1. The molecule has 0 bridgehead atoms. The maximum atomic E-state index is 13.3. The average Bonchev–Trinajstić information content (AvgIpc) is 3.01. The van der Waals surface area contributed by atoms with Gasteiger partial charge in [-0.15, -0.1) is 11.3 Å². The van der Waals surface area contributed by atoms with Gasteiger partial charge in [-0.05, 0) is 29.9 Å². The second-order valence-corrected chi connectivity index (χ2v) is 9.88. The number of ether oxygens (including phenoxy) is 1. The van der Waals surface area contributed by atoms with Crippen LogP contribution in [0.2, 0.25) is 0 Å². The fourth-order valence-corrected chi connectivity index (χ4v) is 4.64. The lowest BCUT2D eigenvalue weighted by Crippen LogP contribution is -2.46. The Morgan fingerprint density at radius 3 is 2.81 bits per heavy atom. The molecule has 27 heavy (non-hydrogen) atoms. The molecule has 4 unspecified atom stereocenters. The van der Waals surface area contributed by atoms with Crippen molar-refractivity contribution in [3.63, 3.8) is 0 Å². The van der Waals surface area contributed by atoms with Gasteiger partial charge in [0.25, 0.3) is 0 Å². The first-order chi connectivity index (χ1) is 12.7. The Balaban J connectivity index is 1.73. The van der Waals surface area contributed by atoms with Gasteiger partial charge in [-0.25, -0.2) is 4.98 Å². The van der Waals surface area contributed by atoms with Crippen LogP contribution in [-0.4, -0.2) is 40.3 Å². The zero-order chi connectivity index (χ0) is 19.6. The van der Waals surface area contributed by atoms with E-state index in [0.717, 1.165) is 35.0 Å². The minimum Gasteiger partial charge on any atom is -0.457 e. The predicted octanol–water partition coefficient (Wildman–Crippen LogP) is 4.55. The van der Waals surface area contributed by atoms with Crippen LogP contribution in [0, 0.1) is 11.3 Å². The van der Waals surface area contributed by atoms with Crippen LogP contribution < -0.4 is 4.74 Å². The van der Waals surface area contributed by atoms with Crippen molar-refractivity contribution in [1.82, 2.24) is 9.88 Å². The van der Waals surface area contributed by atoms with Crippen LogP contribution in [0.3, 0.4) is 0 Å². The molecule has 0 saturated carbocycles. The molecule has 1 aromatic heterocycles. The van der Waals surface area contributed by atoms with Gasteiger partial charge in [-0.3, -0.25) is 4.90 Å². The molecule has 3 rings (SSSR count). The third-order valence-electron chi connectivity index (χ3n) is 5.02. The Labute approximate surface area is 167 Å². The molecule has 4 atom stereocenters. The molecule has 1 aliphatic rings. The van der Waals surface area contributed by atoms with Crippen molar-refractivity contribution in [2.75, 3.05) is 13.1 Å². The normalized spacial score (nSPS) is 22.6. The number of aliphatic hydroxyl groups excluding tert-OH is 1. The number of hydrogen-bond acceptors (Lipinski definition) is 5. The van der Waals surface area contributed by atoms with E-state index in [4.69, 9.17) is 4.74 Å². The summed E-state index contributed by atoms with van der Waals surface area (Å²) in [7, 11) is 2.00. The van der Waals surface area contributed by atoms with Gasteiger partial charge < -0.3 is 9.84 Å². The number of benzene rings is 1. The predicted molar refractivity (Wildman–Crippen MR) is 112 cm³/mol. The van der Waals surface area contributed by atoms with Crippen molar-refractivity contribution in [1.29, 1.82) is 0 Å². The van der Waals surface area contributed by atoms with Gasteiger partial charge in [0.1, 0.15) is 10.8 Å². The van der Waals surface area contributed by atoms with E-state index in [2.05, 4.69) is 30.7 Å². The van der Waals surface area contributed by atoms with E-state index in [-0.39, 0.29) is 11.5 Å². The molecule has 1 saturated heterocycles. The Bertz CT molecular complexity index is 762. The number of nitrogens with zero attached hydrogens (tertiary/aromatic N) is 2. The maximum Gasteiger partial charge on any atom is 0.249 e. The highest BCUT2D eigenvalue weighted by molar-refractivity contribution is 7.17. The molecule has 1 aliphatic heterocycles. The van der Waals surface area contributed by atoms with E-state index in [9.17, 15) is 9.50 Å². The summed E-state index contributed by atoms with van der Waals surface area (Å²) in [5.74, 6) is 0.952. The molecular formula is C20H28FN2O2PS. The monoisotopic (exact) mass is 410 g/mol. The summed E-state index contributed by atoms with van der Waals surface area (Å²) in [6.07, 6.45) is 0.998. The van der Waals surface area contributed by atoms with Crippen molar-refractivity contribution in [2.24, 2.45) is 11.3 Å². The average molecular weight is 410 g/mol. The molecule has 0 radical (unpaired) electrons. The third-order valence-corrected chi connectivity index (χ3v) is 6.17. The molecule has 0 spiro atoms. The summed E-state index contributed by atoms with van der Waals surface area (Å²) in [5, 5.41) is 11.1. The number of para-hydroxylation sites is 1. The van der Waals surface area contributed by atoms with Crippen LogP contribution in [0.4, 0.5) is 4.39 Å². The van der Waals surface area contributed by atoms with Gasteiger partial charge in [0.2, 0.25) is 6.10 Å². The second-order valence-electron chi connectivity index (χ2n) is 8.24. The highest BCUT2D eigenvalue weighted by Crippen LogP contribution is 2.36. The molecule has 2 aromatic rings. The zero-order valence-electron chi connectivity index (χ0n) is 16.1. The van der Waals surface area contributed by atoms with Crippen LogP contribution in [0.25, 0.3) is 10.6 Å². The molecule has 1 N–H and O–H groups in total. The zero-order valence-corrected chi connectivity index (χ0v) is 18.0. The molecule has 1 aromatic carbocycles. The maximum absolute atomic E-state index is 13.3. The quantitative estimate of drug-likeness (QED) is 0.735. The number of likely N-dealkylation sites (tertiary alicyclic amines) is 1. The number of β-amino-alcohol motifs (C(OH)–C–C–N with tert-alkyl or cyclic N) is 1. The van der Waals surface area contributed by atoms with Gasteiger partial charge in [-0.2, -0.15) is 4.39 Å². The highest BCUT2D eigenvalue weighted by Gasteiger charge is 2.33. The third kappa shape index (κ3) is 5.47. The van der Waals surface area contributed by atoms with Crippen molar-refractivity contribution < 1.29 is 14.2 Å². The van der Waals surface area contributed by atoms with Crippen molar-refractivity contribution in [2.45, 2.75) is 45.9 Å². The first-order valence-electron chi connectivity index (χ1n) is 9.23. The SMILES string of the molecule is CC(C)(C)C1CC(O)CN(Cc2cnc(-c3ccccc3OC(F)P)s2)C1. The summed E-state index contributed by atoms with van der Waals surface area (Å²) >= 11 is 1.59. The lowest BCUT2D eigenvalue weighted by Gasteiger charge is -2.41. The van der Waals surface area contributed by atoms with E-state index in [0.29, 0.717) is 18.2 Å². The minimum atomic E-state index is -1.45. The minimum absolute atomic E-state index is 0.176. The highest BCUT2D eigenvalue weighted by atomic mass is 32.1. The van der Waals surface area contributed by atoms with Gasteiger partial charge >= 0.3 is 0 Å². The first-order valence-corrected chi connectivity index (χ1v) is 10.7. The van der Waals surface area contributed by atoms with E-state index in [1.807, 2.05) is 33.6 Å². The van der Waals surface area contributed by atoms with E-state index in [1.54, 1.807) is 17.4 Å². The number of alkyl halides is 1. The molecule has 7 heteroatoms. The van der Waals surface area contributed by atoms with Crippen LogP contribution in [0.15, 0.2) is 30.5 Å².